The first kappa shape index (κ1) is 42.2. The molecule has 15 aromatic rings. The van der Waals surface area contributed by atoms with E-state index in [1.54, 1.807) is 11.3 Å². The van der Waals surface area contributed by atoms with E-state index in [4.69, 9.17) is 4.85 Å². The number of nitrogens with zero attached hydrogens (tertiary/aromatic N) is 4. The van der Waals surface area contributed by atoms with Gasteiger partial charge >= 0.3 is 0 Å². The maximum Gasteiger partial charge on any atom is 0.220 e. The molecule has 73 heavy (non-hydrogen) atoms. The van der Waals surface area contributed by atoms with Crippen molar-refractivity contribution in [2.24, 2.45) is 0 Å². The molecule has 0 saturated heterocycles. The highest BCUT2D eigenvalue weighted by molar-refractivity contribution is 7.27. The average molecular weight is 985 g/mol. The maximum atomic E-state index is 12.2. The van der Waals surface area contributed by atoms with Crippen LogP contribution >= 0.6 is 34.0 Å². The predicted molar refractivity (Wildman–Crippen MR) is 314 cm³/mol. The van der Waals surface area contributed by atoms with E-state index in [0.29, 0.717) is 16.8 Å². The summed E-state index contributed by atoms with van der Waals surface area (Å²) >= 11 is 5.43. The van der Waals surface area contributed by atoms with Crippen molar-refractivity contribution < 1.29 is 0 Å². The fourth-order valence-corrected chi connectivity index (χ4v) is 15.6. The van der Waals surface area contributed by atoms with Crippen molar-refractivity contribution in [3.63, 3.8) is 0 Å². The summed E-state index contributed by atoms with van der Waals surface area (Å²) in [6.45, 7) is 16.4. The fourth-order valence-electron chi connectivity index (χ4n) is 11.9. The Morgan fingerprint density at radius 1 is 0.438 bits per heavy atom. The van der Waals surface area contributed by atoms with Crippen LogP contribution in [0.25, 0.3) is 143 Å². The molecule has 0 fully saturated rings. The lowest BCUT2D eigenvalue weighted by molar-refractivity contribution is 0.591. The molecule has 0 aliphatic carbocycles. The van der Waals surface area contributed by atoms with Gasteiger partial charge in [-0.3, -0.25) is 0 Å². The van der Waals surface area contributed by atoms with E-state index < -0.39 is 0 Å². The monoisotopic (exact) mass is 984 g/mol. The molecular formula is C66H40N4S3. The van der Waals surface area contributed by atoms with Gasteiger partial charge < -0.3 is 9.13 Å². The van der Waals surface area contributed by atoms with E-state index in [1.807, 2.05) is 40.9 Å². The molecule has 5 heterocycles. The summed E-state index contributed by atoms with van der Waals surface area (Å²) in [4.78, 5) is 4.71. The molecule has 0 bridgehead atoms. The molecule has 0 atom stereocenters. The van der Waals surface area contributed by atoms with Gasteiger partial charge in [0, 0.05) is 79.1 Å². The van der Waals surface area contributed by atoms with Crippen molar-refractivity contribution in [2.75, 3.05) is 0 Å². The SMILES string of the molecule is [C-]#[N+]c1c(-c2ccccc2)c(C#N)c(-n2c3cc(C(C)(C)C)ccc3c3ccc4c5ccccc5sc4c32)c(-c2ccccc2)c1-n1c2c(ccc3c4ccccc4sc32)c2ccc3c4ccccc4sc3c21. The van der Waals surface area contributed by atoms with Crippen molar-refractivity contribution in [2.45, 2.75) is 26.2 Å². The van der Waals surface area contributed by atoms with Gasteiger partial charge in [0.2, 0.25) is 5.69 Å². The summed E-state index contributed by atoms with van der Waals surface area (Å²) in [5.74, 6) is 0. The molecular weight excluding hydrogens is 945 g/mol. The average Bonchev–Trinajstić information content (AvgIpc) is 4.24. The van der Waals surface area contributed by atoms with Crippen molar-refractivity contribution in [1.82, 2.24) is 9.13 Å². The van der Waals surface area contributed by atoms with Crippen LogP contribution < -0.4 is 0 Å². The minimum atomic E-state index is -0.175. The van der Waals surface area contributed by atoms with Crippen LogP contribution in [0, 0.1) is 17.9 Å². The lowest BCUT2D eigenvalue weighted by Gasteiger charge is -2.26. The van der Waals surface area contributed by atoms with Crippen molar-refractivity contribution in [1.29, 1.82) is 5.26 Å². The third-order valence-corrected chi connectivity index (χ3v) is 18.7. The predicted octanol–water partition coefficient (Wildman–Crippen LogP) is 20.0. The molecule has 0 unspecified atom stereocenters. The number of nitriles is 1. The first-order chi connectivity index (χ1) is 35.8. The van der Waals surface area contributed by atoms with Crippen LogP contribution in [0.4, 0.5) is 5.69 Å². The van der Waals surface area contributed by atoms with E-state index in [9.17, 15) is 11.8 Å². The number of benzene rings is 10. The smallest absolute Gasteiger partial charge is 0.220 e. The molecule has 342 valence electrons. The normalized spacial score (nSPS) is 12.3. The third kappa shape index (κ3) is 5.84. The van der Waals surface area contributed by atoms with Crippen LogP contribution in [0.1, 0.15) is 31.9 Å². The van der Waals surface area contributed by atoms with Gasteiger partial charge in [-0.2, -0.15) is 5.26 Å². The number of rotatable bonds is 4. The highest BCUT2D eigenvalue weighted by atomic mass is 32.1. The quantitative estimate of drug-likeness (QED) is 0.162. The molecule has 15 rings (SSSR count). The van der Waals surface area contributed by atoms with Gasteiger partial charge in [-0.05, 0) is 46.4 Å². The zero-order chi connectivity index (χ0) is 48.9. The van der Waals surface area contributed by atoms with Gasteiger partial charge in [-0.1, -0.05) is 185 Å². The number of thiophene rings is 3. The summed E-state index contributed by atoms with van der Waals surface area (Å²) in [5, 5.41) is 23.9. The highest BCUT2D eigenvalue weighted by Gasteiger charge is 2.34. The van der Waals surface area contributed by atoms with Crippen molar-refractivity contribution >= 4 is 144 Å². The summed E-state index contributed by atoms with van der Waals surface area (Å²) in [6, 6.07) is 70.4. The van der Waals surface area contributed by atoms with Crippen LogP contribution in [-0.4, -0.2) is 9.13 Å². The molecule has 0 amide bonds. The second-order valence-corrected chi connectivity index (χ2v) is 23.2. The molecule has 0 aliphatic rings. The van der Waals surface area contributed by atoms with Gasteiger partial charge in [-0.25, -0.2) is 4.85 Å². The summed E-state index contributed by atoms with van der Waals surface area (Å²) < 4.78 is 12.0. The van der Waals surface area contributed by atoms with E-state index in [0.717, 1.165) is 85.8 Å². The minimum Gasteiger partial charge on any atom is -0.316 e. The van der Waals surface area contributed by atoms with E-state index in [1.165, 1.54) is 52.0 Å². The standard InChI is InChI=1S/C66H40N4S3/c1-66(2,3)39-27-28-40-44-29-32-47-41-21-11-14-24-52(41)71-63(47)59(44)69(51(40)35-39)58-50(36-67)55(37-17-7-5-8-18-37)57(68-4)62(56(58)38-19-9-6-10-20-38)70-60-45(30-33-48-42-22-12-15-25-53(42)72-64(48)60)46-31-34-49-43-23-13-16-26-54(43)73-65(49)61(46)70/h5-35H,1-3H3. The molecule has 0 spiro atoms. The molecule has 7 heteroatoms. The van der Waals surface area contributed by atoms with Gasteiger partial charge in [0.25, 0.3) is 0 Å². The second-order valence-electron chi connectivity index (χ2n) is 20.1. The second kappa shape index (κ2) is 15.5. The summed E-state index contributed by atoms with van der Waals surface area (Å²) in [7, 11) is 0. The number of fused-ring (bicyclic) bond motifs is 18. The van der Waals surface area contributed by atoms with Crippen molar-refractivity contribution in [3.8, 4) is 39.7 Å². The number of aromatic nitrogens is 2. The molecule has 4 nitrogen and oxygen atoms in total. The van der Waals surface area contributed by atoms with Crippen molar-refractivity contribution in [3.05, 3.63) is 211 Å². The van der Waals surface area contributed by atoms with Crippen LogP contribution in [0.5, 0.6) is 0 Å². The Hall–Kier alpha value is -8.56. The Balaban J connectivity index is 1.27. The molecule has 0 radical (unpaired) electrons. The zero-order valence-corrected chi connectivity index (χ0v) is 42.4. The Bertz CT molecular complexity index is 4840. The van der Waals surface area contributed by atoms with E-state index in [2.05, 4.69) is 206 Å². The van der Waals surface area contributed by atoms with E-state index >= 15 is 0 Å². The first-order valence-corrected chi connectivity index (χ1v) is 27.0. The van der Waals surface area contributed by atoms with Crippen LogP contribution in [0.2, 0.25) is 0 Å². The molecule has 0 aliphatic heterocycles. The number of hydrogen-bond donors (Lipinski definition) is 0. The van der Waals surface area contributed by atoms with E-state index in [-0.39, 0.29) is 5.41 Å². The lowest BCUT2D eigenvalue weighted by atomic mass is 9.86. The van der Waals surface area contributed by atoms with Gasteiger partial charge in [0.15, 0.2) is 0 Å². The molecule has 10 aromatic carbocycles. The Morgan fingerprint density at radius 2 is 0.849 bits per heavy atom. The minimum absolute atomic E-state index is 0.175. The topological polar surface area (TPSA) is 38.0 Å². The number of hydrogen-bond acceptors (Lipinski definition) is 4. The summed E-state index contributed by atoms with van der Waals surface area (Å²) in [6.07, 6.45) is 0. The third-order valence-electron chi connectivity index (χ3n) is 15.1. The van der Waals surface area contributed by atoms with Crippen LogP contribution in [-0.2, 0) is 5.41 Å². The molecule has 0 saturated carbocycles. The fraction of sp³-hybridized carbons (Fsp3) is 0.0606. The summed E-state index contributed by atoms with van der Waals surface area (Å²) in [5.41, 5.74) is 10.8. The van der Waals surface area contributed by atoms with Gasteiger partial charge in [-0.15, -0.1) is 34.0 Å². The van der Waals surface area contributed by atoms with Crippen LogP contribution in [0.3, 0.4) is 0 Å². The zero-order valence-electron chi connectivity index (χ0n) is 39.9. The Morgan fingerprint density at radius 3 is 1.32 bits per heavy atom. The lowest BCUT2D eigenvalue weighted by Crippen LogP contribution is -2.11. The Kier molecular flexibility index (Phi) is 8.93. The van der Waals surface area contributed by atoms with Gasteiger partial charge in [0.1, 0.15) is 6.07 Å². The van der Waals surface area contributed by atoms with Gasteiger partial charge in [0.05, 0.1) is 59.7 Å². The van der Waals surface area contributed by atoms with Crippen LogP contribution in [0.15, 0.2) is 188 Å². The largest absolute Gasteiger partial charge is 0.316 e. The maximum absolute atomic E-state index is 12.2. The molecule has 5 aromatic heterocycles. The Labute approximate surface area is 431 Å². The molecule has 0 N–H and O–H groups in total. The first-order valence-electron chi connectivity index (χ1n) is 24.5. The highest BCUT2D eigenvalue weighted by Crippen LogP contribution is 2.56.